The van der Waals surface area contributed by atoms with Gasteiger partial charge in [0.25, 0.3) is 5.91 Å². The number of benzene rings is 1. The van der Waals surface area contributed by atoms with Crippen LogP contribution >= 0.6 is 0 Å². The molecule has 1 aliphatic heterocycles. The van der Waals surface area contributed by atoms with Crippen molar-refractivity contribution in [2.75, 3.05) is 24.5 Å². The fourth-order valence-corrected chi connectivity index (χ4v) is 3.00. The molecule has 1 aliphatic carbocycles. The van der Waals surface area contributed by atoms with E-state index >= 15 is 0 Å². The molecule has 5 heteroatoms. The molecule has 1 heterocycles. The van der Waals surface area contributed by atoms with Crippen LogP contribution in [0.3, 0.4) is 0 Å². The highest BCUT2D eigenvalue weighted by Gasteiger charge is 2.26. The van der Waals surface area contributed by atoms with E-state index in [2.05, 4.69) is 10.2 Å². The number of nitrogens with one attached hydrogen (secondary N) is 1. The largest absolute Gasteiger partial charge is 0.371 e. The molecule has 1 aromatic rings. The SMILES string of the molecule is NC(=O)c1c(F)cccc1N1CCC(NCC2CC2)CC1. The molecule has 4 nitrogen and oxygen atoms in total. The second-order valence-corrected chi connectivity index (χ2v) is 6.11. The van der Waals surface area contributed by atoms with Gasteiger partial charge in [0.15, 0.2) is 0 Å². The first-order valence-electron chi connectivity index (χ1n) is 7.72. The standard InChI is InChI=1S/C16H22FN3O/c17-13-2-1-3-14(15(13)16(18)21)20-8-6-12(7-9-20)19-10-11-4-5-11/h1-3,11-12,19H,4-10H2,(H2,18,21). The molecule has 1 amide bonds. The van der Waals surface area contributed by atoms with Crippen LogP contribution in [-0.4, -0.2) is 31.6 Å². The first-order chi connectivity index (χ1) is 10.1. The molecule has 1 aromatic carbocycles. The van der Waals surface area contributed by atoms with Gasteiger partial charge in [0.05, 0.1) is 11.3 Å². The van der Waals surface area contributed by atoms with E-state index in [-0.39, 0.29) is 5.56 Å². The summed E-state index contributed by atoms with van der Waals surface area (Å²) >= 11 is 0. The Balaban J connectivity index is 1.63. The number of hydrogen-bond acceptors (Lipinski definition) is 3. The maximum absolute atomic E-state index is 13.8. The number of anilines is 1. The van der Waals surface area contributed by atoms with Crippen LogP contribution < -0.4 is 16.0 Å². The van der Waals surface area contributed by atoms with Crippen molar-refractivity contribution in [3.63, 3.8) is 0 Å². The number of carbonyl (C=O) groups excluding carboxylic acids is 1. The Kier molecular flexibility index (Phi) is 4.10. The topological polar surface area (TPSA) is 58.4 Å². The third-order valence-corrected chi connectivity index (χ3v) is 4.47. The zero-order valence-electron chi connectivity index (χ0n) is 12.1. The summed E-state index contributed by atoms with van der Waals surface area (Å²) in [7, 11) is 0. The Labute approximate surface area is 124 Å². The van der Waals surface area contributed by atoms with Gasteiger partial charge in [-0.05, 0) is 50.3 Å². The van der Waals surface area contributed by atoms with Crippen LogP contribution in [-0.2, 0) is 0 Å². The lowest BCUT2D eigenvalue weighted by molar-refractivity contribution is 0.0997. The van der Waals surface area contributed by atoms with Crippen molar-refractivity contribution in [2.24, 2.45) is 11.7 Å². The molecule has 1 saturated heterocycles. The first kappa shape index (κ1) is 14.3. The Morgan fingerprint density at radius 3 is 2.62 bits per heavy atom. The van der Waals surface area contributed by atoms with E-state index in [0.717, 1.165) is 38.4 Å². The van der Waals surface area contributed by atoms with E-state index in [9.17, 15) is 9.18 Å². The fraction of sp³-hybridized carbons (Fsp3) is 0.562. The highest BCUT2D eigenvalue weighted by Crippen LogP contribution is 2.29. The normalized spacial score (nSPS) is 19.8. The van der Waals surface area contributed by atoms with Crippen LogP contribution in [0.1, 0.15) is 36.0 Å². The lowest BCUT2D eigenvalue weighted by Gasteiger charge is -2.35. The second-order valence-electron chi connectivity index (χ2n) is 6.11. The molecular weight excluding hydrogens is 269 g/mol. The first-order valence-corrected chi connectivity index (χ1v) is 7.72. The van der Waals surface area contributed by atoms with E-state index in [1.165, 1.54) is 18.9 Å². The quantitative estimate of drug-likeness (QED) is 0.871. The maximum Gasteiger partial charge on any atom is 0.253 e. The van der Waals surface area contributed by atoms with Gasteiger partial charge in [0.2, 0.25) is 0 Å². The third-order valence-electron chi connectivity index (χ3n) is 4.47. The van der Waals surface area contributed by atoms with Crippen molar-refractivity contribution in [2.45, 2.75) is 31.7 Å². The lowest BCUT2D eigenvalue weighted by atomic mass is 10.0. The zero-order valence-corrected chi connectivity index (χ0v) is 12.1. The minimum Gasteiger partial charge on any atom is -0.371 e. The Morgan fingerprint density at radius 2 is 2.00 bits per heavy atom. The number of amides is 1. The average Bonchev–Trinajstić information content (AvgIpc) is 3.29. The van der Waals surface area contributed by atoms with Crippen molar-refractivity contribution in [3.05, 3.63) is 29.6 Å². The van der Waals surface area contributed by atoms with Crippen molar-refractivity contribution in [3.8, 4) is 0 Å². The smallest absolute Gasteiger partial charge is 0.253 e. The molecule has 2 fully saturated rings. The summed E-state index contributed by atoms with van der Waals surface area (Å²) in [6.07, 6.45) is 4.75. The molecule has 0 spiro atoms. The van der Waals surface area contributed by atoms with Crippen molar-refractivity contribution in [1.29, 1.82) is 0 Å². The van der Waals surface area contributed by atoms with Crippen LogP contribution in [0.2, 0.25) is 0 Å². The second kappa shape index (κ2) is 6.02. The maximum atomic E-state index is 13.8. The molecule has 3 rings (SSSR count). The molecule has 2 aliphatic rings. The summed E-state index contributed by atoms with van der Waals surface area (Å²) in [5, 5.41) is 3.61. The monoisotopic (exact) mass is 291 g/mol. The third kappa shape index (κ3) is 3.35. The highest BCUT2D eigenvalue weighted by molar-refractivity contribution is 5.99. The summed E-state index contributed by atoms with van der Waals surface area (Å²) in [6.45, 7) is 2.77. The average molecular weight is 291 g/mol. The van der Waals surface area contributed by atoms with Gasteiger partial charge < -0.3 is 16.0 Å². The number of rotatable bonds is 5. The van der Waals surface area contributed by atoms with Crippen LogP contribution in [0.15, 0.2) is 18.2 Å². The van der Waals surface area contributed by atoms with E-state index < -0.39 is 11.7 Å². The van der Waals surface area contributed by atoms with Gasteiger partial charge in [-0.25, -0.2) is 4.39 Å². The van der Waals surface area contributed by atoms with E-state index in [1.54, 1.807) is 12.1 Å². The number of piperidine rings is 1. The Bertz CT molecular complexity index is 522. The van der Waals surface area contributed by atoms with Gasteiger partial charge >= 0.3 is 0 Å². The van der Waals surface area contributed by atoms with E-state index in [0.29, 0.717) is 11.7 Å². The summed E-state index contributed by atoms with van der Waals surface area (Å²) in [6, 6.07) is 5.23. The van der Waals surface area contributed by atoms with Gasteiger partial charge in [-0.3, -0.25) is 4.79 Å². The molecule has 0 aromatic heterocycles. The number of hydrogen-bond donors (Lipinski definition) is 2. The highest BCUT2D eigenvalue weighted by atomic mass is 19.1. The van der Waals surface area contributed by atoms with E-state index in [1.807, 2.05) is 0 Å². The molecule has 1 saturated carbocycles. The predicted octanol–water partition coefficient (Wildman–Crippen LogP) is 1.89. The molecule has 0 bridgehead atoms. The van der Waals surface area contributed by atoms with Crippen molar-refractivity contribution >= 4 is 11.6 Å². The van der Waals surface area contributed by atoms with Crippen molar-refractivity contribution < 1.29 is 9.18 Å². The summed E-state index contributed by atoms with van der Waals surface area (Å²) < 4.78 is 13.8. The van der Waals surface area contributed by atoms with Gasteiger partial charge in [-0.15, -0.1) is 0 Å². The number of primary amides is 1. The van der Waals surface area contributed by atoms with Crippen LogP contribution in [0, 0.1) is 11.7 Å². The lowest BCUT2D eigenvalue weighted by Crippen LogP contribution is -2.43. The molecular formula is C16H22FN3O. The van der Waals surface area contributed by atoms with Gasteiger partial charge in [0, 0.05) is 19.1 Å². The minimum atomic E-state index is -0.697. The van der Waals surface area contributed by atoms with Crippen molar-refractivity contribution in [1.82, 2.24) is 5.32 Å². The Morgan fingerprint density at radius 1 is 1.29 bits per heavy atom. The zero-order chi connectivity index (χ0) is 14.8. The molecule has 0 atom stereocenters. The number of nitrogens with two attached hydrogens (primary N) is 1. The molecule has 21 heavy (non-hydrogen) atoms. The molecule has 0 unspecified atom stereocenters. The summed E-state index contributed by atoms with van der Waals surface area (Å²) in [5.41, 5.74) is 5.96. The molecule has 3 N–H and O–H groups in total. The predicted molar refractivity (Wildman–Crippen MR) is 80.9 cm³/mol. The number of nitrogens with zero attached hydrogens (tertiary/aromatic N) is 1. The van der Waals surface area contributed by atoms with Gasteiger partial charge in [-0.2, -0.15) is 0 Å². The van der Waals surface area contributed by atoms with Crippen LogP contribution in [0.25, 0.3) is 0 Å². The number of halogens is 1. The minimum absolute atomic E-state index is 0.0156. The fourth-order valence-electron chi connectivity index (χ4n) is 3.00. The summed E-state index contributed by atoms with van der Waals surface area (Å²) in [4.78, 5) is 13.5. The summed E-state index contributed by atoms with van der Waals surface area (Å²) in [5.74, 6) is -0.348. The molecule has 0 radical (unpaired) electrons. The van der Waals surface area contributed by atoms with Crippen LogP contribution in [0.5, 0.6) is 0 Å². The number of carbonyl (C=O) groups is 1. The van der Waals surface area contributed by atoms with Crippen LogP contribution in [0.4, 0.5) is 10.1 Å². The van der Waals surface area contributed by atoms with Gasteiger partial charge in [-0.1, -0.05) is 6.07 Å². The van der Waals surface area contributed by atoms with Gasteiger partial charge in [0.1, 0.15) is 5.82 Å². The molecule has 114 valence electrons. The Hall–Kier alpha value is -1.62. The van der Waals surface area contributed by atoms with E-state index in [4.69, 9.17) is 5.73 Å².